The summed E-state index contributed by atoms with van der Waals surface area (Å²) < 4.78 is 27.7. The van der Waals surface area contributed by atoms with Crippen LogP contribution in [0.5, 0.6) is 5.88 Å². The molecule has 4 heterocycles. The largest absolute Gasteiger partial charge is 0.474 e. The first-order chi connectivity index (χ1) is 15.4. The summed E-state index contributed by atoms with van der Waals surface area (Å²) in [4.78, 5) is 23.0. The Bertz CT molecular complexity index is 1150. The molecule has 0 N–H and O–H groups in total. The van der Waals surface area contributed by atoms with Crippen LogP contribution in [0.4, 0.5) is 9.18 Å². The van der Waals surface area contributed by atoms with E-state index >= 15 is 0 Å². The molecule has 0 spiro atoms. The second-order valence-corrected chi connectivity index (χ2v) is 8.86. The Morgan fingerprint density at radius 2 is 1.94 bits per heavy atom. The molecule has 2 unspecified atom stereocenters. The average molecular weight is 439 g/mol. The van der Waals surface area contributed by atoms with Crippen molar-refractivity contribution >= 4 is 17.1 Å². The van der Waals surface area contributed by atoms with Gasteiger partial charge in [0.25, 0.3) is 0 Å². The van der Waals surface area contributed by atoms with Gasteiger partial charge in [0.15, 0.2) is 5.65 Å². The molecular weight excluding hydrogens is 413 g/mol. The minimum Gasteiger partial charge on any atom is -0.474 e. The Kier molecular flexibility index (Phi) is 5.19. The summed E-state index contributed by atoms with van der Waals surface area (Å²) in [6.07, 6.45) is 5.89. The second-order valence-electron chi connectivity index (χ2n) is 8.86. The summed E-state index contributed by atoms with van der Waals surface area (Å²) in [5.41, 5.74) is 1.64. The molecule has 5 rings (SSSR count). The normalized spacial score (nSPS) is 22.5. The third kappa shape index (κ3) is 3.65. The van der Waals surface area contributed by atoms with E-state index in [0.717, 1.165) is 31.2 Å². The van der Waals surface area contributed by atoms with Crippen LogP contribution in [0.15, 0.2) is 30.7 Å². The van der Waals surface area contributed by atoms with Crippen LogP contribution < -0.4 is 4.74 Å². The molecule has 2 fully saturated rings. The van der Waals surface area contributed by atoms with Crippen molar-refractivity contribution in [2.45, 2.75) is 70.7 Å². The molecule has 0 aliphatic carbocycles. The van der Waals surface area contributed by atoms with Gasteiger partial charge in [0.1, 0.15) is 29.3 Å². The van der Waals surface area contributed by atoms with E-state index in [1.807, 2.05) is 31.7 Å². The molecule has 168 valence electrons. The molecule has 2 saturated heterocycles. The Balaban J connectivity index is 1.37. The van der Waals surface area contributed by atoms with Crippen molar-refractivity contribution in [2.75, 3.05) is 0 Å². The summed E-state index contributed by atoms with van der Waals surface area (Å²) >= 11 is 0. The minimum atomic E-state index is -0.367. The van der Waals surface area contributed by atoms with Gasteiger partial charge in [0, 0.05) is 24.9 Å². The lowest BCUT2D eigenvalue weighted by Crippen LogP contribution is -2.49. The number of nitrogens with zero attached hydrogens (tertiary/aromatic N) is 5. The van der Waals surface area contributed by atoms with Crippen LogP contribution in [0.1, 0.15) is 45.1 Å². The lowest BCUT2D eigenvalue weighted by molar-refractivity contribution is 0.0212. The second kappa shape index (κ2) is 8.03. The molecule has 0 saturated carbocycles. The predicted molar refractivity (Wildman–Crippen MR) is 115 cm³/mol. The van der Waals surface area contributed by atoms with Crippen molar-refractivity contribution in [1.82, 2.24) is 24.6 Å². The van der Waals surface area contributed by atoms with Gasteiger partial charge >= 0.3 is 6.09 Å². The van der Waals surface area contributed by atoms with Crippen LogP contribution in [0.2, 0.25) is 0 Å². The van der Waals surface area contributed by atoms with Gasteiger partial charge in [0.05, 0.1) is 12.3 Å². The van der Waals surface area contributed by atoms with E-state index in [1.165, 1.54) is 17.1 Å². The zero-order valence-corrected chi connectivity index (χ0v) is 18.4. The lowest BCUT2D eigenvalue weighted by Gasteiger charge is -2.38. The summed E-state index contributed by atoms with van der Waals surface area (Å²) in [6.45, 7) is 5.56. The van der Waals surface area contributed by atoms with Crippen molar-refractivity contribution in [3.05, 3.63) is 42.1 Å². The summed E-state index contributed by atoms with van der Waals surface area (Å²) in [7, 11) is 0. The predicted octanol–water partition coefficient (Wildman–Crippen LogP) is 4.18. The maximum atomic E-state index is 14.5. The Morgan fingerprint density at radius 3 is 2.62 bits per heavy atom. The third-order valence-electron chi connectivity index (χ3n) is 6.18. The fourth-order valence-electron chi connectivity index (χ4n) is 4.82. The number of rotatable bonds is 4. The van der Waals surface area contributed by atoms with Gasteiger partial charge in [-0.2, -0.15) is 5.10 Å². The van der Waals surface area contributed by atoms with E-state index in [1.54, 1.807) is 12.3 Å². The van der Waals surface area contributed by atoms with Crippen LogP contribution in [0, 0.1) is 12.7 Å². The number of hydrogen-bond donors (Lipinski definition) is 0. The molecule has 8 nitrogen and oxygen atoms in total. The number of carbonyl (C=O) groups excluding carboxylic acids is 1. The molecule has 32 heavy (non-hydrogen) atoms. The van der Waals surface area contributed by atoms with Gasteiger partial charge < -0.3 is 14.4 Å². The van der Waals surface area contributed by atoms with E-state index in [9.17, 15) is 9.18 Å². The minimum absolute atomic E-state index is 0.0758. The van der Waals surface area contributed by atoms with Crippen LogP contribution in [0.25, 0.3) is 16.7 Å². The molecule has 2 aliphatic heterocycles. The number of amides is 1. The number of benzene rings is 1. The quantitative estimate of drug-likeness (QED) is 0.607. The molecular formula is C23H26FN5O3. The molecule has 2 atom stereocenters. The van der Waals surface area contributed by atoms with E-state index in [-0.39, 0.29) is 36.2 Å². The SMILES string of the molecule is Cc1ccc(-n2ncc3c(OC4CC5CCC(C4)N5C(=O)OC(C)C)ncnc32)c(F)c1. The molecule has 1 amide bonds. The summed E-state index contributed by atoms with van der Waals surface area (Å²) in [6, 6.07) is 5.19. The van der Waals surface area contributed by atoms with E-state index in [2.05, 4.69) is 15.1 Å². The number of piperidine rings is 1. The molecule has 2 aliphatic rings. The highest BCUT2D eigenvalue weighted by Gasteiger charge is 2.45. The maximum Gasteiger partial charge on any atom is 0.410 e. The number of hydrogen-bond acceptors (Lipinski definition) is 6. The highest BCUT2D eigenvalue weighted by molar-refractivity contribution is 5.81. The first-order valence-electron chi connectivity index (χ1n) is 11.0. The van der Waals surface area contributed by atoms with Crippen molar-refractivity contribution in [2.24, 2.45) is 0 Å². The van der Waals surface area contributed by atoms with E-state index < -0.39 is 0 Å². The lowest BCUT2D eigenvalue weighted by atomic mass is 10.0. The van der Waals surface area contributed by atoms with E-state index in [4.69, 9.17) is 9.47 Å². The number of ether oxygens (including phenoxy) is 2. The van der Waals surface area contributed by atoms with Crippen molar-refractivity contribution in [3.8, 4) is 11.6 Å². The van der Waals surface area contributed by atoms with Gasteiger partial charge in [-0.15, -0.1) is 0 Å². The standard InChI is InChI=1S/C23H26FN5O3/c1-13(2)31-23(30)28-15-5-6-16(28)10-17(9-15)32-22-18-11-27-29(21(18)25-12-26-22)20-7-4-14(3)8-19(20)24/h4,7-8,11-13,15-17H,5-6,9-10H2,1-3H3. The molecule has 0 radical (unpaired) electrons. The molecule has 1 aromatic carbocycles. The van der Waals surface area contributed by atoms with E-state index in [0.29, 0.717) is 22.6 Å². The molecule has 3 aromatic rings. The topological polar surface area (TPSA) is 82.4 Å². The number of fused-ring (bicyclic) bond motifs is 3. The Hall–Kier alpha value is -3.23. The van der Waals surface area contributed by atoms with Crippen molar-refractivity contribution in [3.63, 3.8) is 0 Å². The molecule has 2 aromatic heterocycles. The number of halogens is 1. The van der Waals surface area contributed by atoms with Crippen LogP contribution >= 0.6 is 0 Å². The highest BCUT2D eigenvalue weighted by atomic mass is 19.1. The smallest absolute Gasteiger partial charge is 0.410 e. The Labute approximate surface area is 185 Å². The zero-order chi connectivity index (χ0) is 22.4. The van der Waals surface area contributed by atoms with Crippen molar-refractivity contribution in [1.29, 1.82) is 0 Å². The number of aromatic nitrogens is 4. The fraction of sp³-hybridized carbons (Fsp3) is 0.478. The zero-order valence-electron chi connectivity index (χ0n) is 18.4. The van der Waals surface area contributed by atoms with Crippen LogP contribution in [-0.4, -0.2) is 55.0 Å². The van der Waals surface area contributed by atoms with Crippen LogP contribution in [-0.2, 0) is 4.74 Å². The average Bonchev–Trinajstić information content (AvgIpc) is 3.27. The van der Waals surface area contributed by atoms with Crippen LogP contribution in [0.3, 0.4) is 0 Å². The van der Waals surface area contributed by atoms with Gasteiger partial charge in [-0.1, -0.05) is 6.07 Å². The summed E-state index contributed by atoms with van der Waals surface area (Å²) in [5, 5.41) is 4.97. The fourth-order valence-corrected chi connectivity index (χ4v) is 4.82. The maximum absolute atomic E-state index is 14.5. The van der Waals surface area contributed by atoms with Gasteiger partial charge in [0.2, 0.25) is 5.88 Å². The number of carbonyl (C=O) groups is 1. The van der Waals surface area contributed by atoms with Gasteiger partial charge in [-0.25, -0.2) is 23.8 Å². The number of aryl methyl sites for hydroxylation is 1. The Morgan fingerprint density at radius 1 is 1.19 bits per heavy atom. The third-order valence-corrected chi connectivity index (χ3v) is 6.18. The molecule has 2 bridgehead atoms. The van der Waals surface area contributed by atoms with Gasteiger partial charge in [-0.05, 0) is 51.3 Å². The van der Waals surface area contributed by atoms with Crippen molar-refractivity contribution < 1.29 is 18.7 Å². The first-order valence-corrected chi connectivity index (χ1v) is 11.0. The highest BCUT2D eigenvalue weighted by Crippen LogP contribution is 2.38. The molecule has 9 heteroatoms. The van der Waals surface area contributed by atoms with Gasteiger partial charge in [-0.3, -0.25) is 0 Å². The summed E-state index contributed by atoms with van der Waals surface area (Å²) in [5.74, 6) is 0.0599. The first kappa shape index (κ1) is 20.7. The monoisotopic (exact) mass is 439 g/mol.